The highest BCUT2D eigenvalue weighted by atomic mass is 79.9. The number of sulfonamides is 1. The first kappa shape index (κ1) is 15.0. The van der Waals surface area contributed by atoms with Crippen LogP contribution in [-0.2, 0) is 16.6 Å². The second-order valence-corrected chi connectivity index (χ2v) is 7.94. The summed E-state index contributed by atoms with van der Waals surface area (Å²) >= 11 is 3.47. The Balaban J connectivity index is 1.99. The molecule has 0 N–H and O–H groups in total. The fourth-order valence-corrected chi connectivity index (χ4v) is 4.13. The van der Waals surface area contributed by atoms with E-state index in [9.17, 15) is 8.42 Å². The summed E-state index contributed by atoms with van der Waals surface area (Å²) in [6.45, 7) is 4.97. The molecule has 4 nitrogen and oxygen atoms in total. The summed E-state index contributed by atoms with van der Waals surface area (Å²) in [6, 6.07) is 8.27. The van der Waals surface area contributed by atoms with Gasteiger partial charge in [-0.05, 0) is 24.6 Å². The molecule has 0 aromatic heterocycles. The number of halogens is 1. The lowest BCUT2D eigenvalue weighted by atomic mass is 10.1. The minimum Gasteiger partial charge on any atom is -0.296 e. The van der Waals surface area contributed by atoms with Gasteiger partial charge in [0.25, 0.3) is 0 Å². The van der Waals surface area contributed by atoms with Gasteiger partial charge >= 0.3 is 0 Å². The molecule has 1 fully saturated rings. The number of hydrogen-bond acceptors (Lipinski definition) is 3. The minimum atomic E-state index is -3.08. The fourth-order valence-electron chi connectivity index (χ4n) is 2.55. The van der Waals surface area contributed by atoms with Crippen molar-refractivity contribution in [3.05, 3.63) is 34.3 Å². The van der Waals surface area contributed by atoms with Crippen molar-refractivity contribution in [3.63, 3.8) is 0 Å². The first-order chi connectivity index (χ1) is 8.86. The molecule has 1 heterocycles. The summed E-state index contributed by atoms with van der Waals surface area (Å²) < 4.78 is 25.9. The predicted octanol–water partition coefficient (Wildman–Crippen LogP) is 1.91. The molecule has 1 aromatic rings. The number of piperazine rings is 1. The first-order valence-corrected chi connectivity index (χ1v) is 8.94. The average Bonchev–Trinajstić information content (AvgIpc) is 2.27. The molecule has 0 unspecified atom stereocenters. The van der Waals surface area contributed by atoms with E-state index in [1.807, 2.05) is 19.1 Å². The summed E-state index contributed by atoms with van der Waals surface area (Å²) in [5.74, 6) is 0. The van der Waals surface area contributed by atoms with Gasteiger partial charge in [-0.25, -0.2) is 8.42 Å². The van der Waals surface area contributed by atoms with Crippen LogP contribution in [0.4, 0.5) is 0 Å². The molecule has 2 rings (SSSR count). The normalized spacial score (nSPS) is 22.6. The minimum absolute atomic E-state index is 0.0379. The van der Waals surface area contributed by atoms with E-state index in [1.54, 1.807) is 4.31 Å². The van der Waals surface area contributed by atoms with E-state index in [2.05, 4.69) is 33.0 Å². The Morgan fingerprint density at radius 2 is 2.11 bits per heavy atom. The Labute approximate surface area is 123 Å². The molecule has 6 heteroatoms. The molecule has 0 spiro atoms. The van der Waals surface area contributed by atoms with E-state index in [-0.39, 0.29) is 6.04 Å². The smallest absolute Gasteiger partial charge is 0.211 e. The van der Waals surface area contributed by atoms with Crippen LogP contribution in [0.3, 0.4) is 0 Å². The lowest BCUT2D eigenvalue weighted by Gasteiger charge is -2.38. The molecule has 0 aliphatic carbocycles. The van der Waals surface area contributed by atoms with Crippen LogP contribution < -0.4 is 0 Å². The lowest BCUT2D eigenvalue weighted by molar-refractivity contribution is 0.138. The van der Waals surface area contributed by atoms with Crippen LogP contribution >= 0.6 is 15.9 Å². The van der Waals surface area contributed by atoms with Gasteiger partial charge in [-0.3, -0.25) is 4.90 Å². The van der Waals surface area contributed by atoms with Crippen molar-refractivity contribution in [2.75, 3.05) is 25.9 Å². The lowest BCUT2D eigenvalue weighted by Crippen LogP contribution is -2.53. The van der Waals surface area contributed by atoms with E-state index in [0.29, 0.717) is 6.54 Å². The van der Waals surface area contributed by atoms with Crippen molar-refractivity contribution in [1.29, 1.82) is 0 Å². The molecule has 1 aliphatic heterocycles. The number of rotatable bonds is 3. The Hall–Kier alpha value is -0.430. The van der Waals surface area contributed by atoms with Crippen molar-refractivity contribution in [3.8, 4) is 0 Å². The van der Waals surface area contributed by atoms with Gasteiger partial charge in [0.2, 0.25) is 10.0 Å². The maximum atomic E-state index is 11.6. The maximum Gasteiger partial charge on any atom is 0.211 e. The average molecular weight is 347 g/mol. The van der Waals surface area contributed by atoms with Gasteiger partial charge in [0.05, 0.1) is 6.26 Å². The van der Waals surface area contributed by atoms with E-state index >= 15 is 0 Å². The van der Waals surface area contributed by atoms with Gasteiger partial charge in [-0.15, -0.1) is 0 Å². The number of nitrogens with zero attached hydrogens (tertiary/aromatic N) is 2. The molecule has 19 heavy (non-hydrogen) atoms. The Kier molecular flexibility index (Phi) is 4.66. The molecule has 1 aliphatic rings. The molecule has 0 amide bonds. The van der Waals surface area contributed by atoms with E-state index in [0.717, 1.165) is 24.1 Å². The van der Waals surface area contributed by atoms with Crippen LogP contribution in [0, 0.1) is 0 Å². The number of hydrogen-bond donors (Lipinski definition) is 0. The summed E-state index contributed by atoms with van der Waals surface area (Å²) in [7, 11) is -3.08. The van der Waals surface area contributed by atoms with Gasteiger partial charge < -0.3 is 0 Å². The molecule has 1 saturated heterocycles. The summed E-state index contributed by atoms with van der Waals surface area (Å²) in [4.78, 5) is 2.30. The molecule has 1 aromatic carbocycles. The third kappa shape index (κ3) is 4.02. The van der Waals surface area contributed by atoms with Crippen LogP contribution in [0.5, 0.6) is 0 Å². The van der Waals surface area contributed by atoms with Crippen molar-refractivity contribution in [2.24, 2.45) is 0 Å². The van der Waals surface area contributed by atoms with E-state index in [1.165, 1.54) is 11.8 Å². The monoisotopic (exact) mass is 346 g/mol. The van der Waals surface area contributed by atoms with Gasteiger partial charge in [0, 0.05) is 36.7 Å². The Morgan fingerprint density at radius 3 is 2.68 bits per heavy atom. The highest BCUT2D eigenvalue weighted by Gasteiger charge is 2.29. The van der Waals surface area contributed by atoms with Gasteiger partial charge in [-0.2, -0.15) is 4.31 Å². The third-order valence-electron chi connectivity index (χ3n) is 3.37. The van der Waals surface area contributed by atoms with Crippen molar-refractivity contribution in [2.45, 2.75) is 19.5 Å². The zero-order chi connectivity index (χ0) is 14.0. The Morgan fingerprint density at radius 1 is 1.37 bits per heavy atom. The molecule has 0 bridgehead atoms. The van der Waals surface area contributed by atoms with Gasteiger partial charge in [0.15, 0.2) is 0 Å². The van der Waals surface area contributed by atoms with Crippen LogP contribution in [-0.4, -0.2) is 49.6 Å². The highest BCUT2D eigenvalue weighted by molar-refractivity contribution is 9.10. The summed E-state index contributed by atoms with van der Waals surface area (Å²) in [5, 5.41) is 0. The molecule has 0 saturated carbocycles. The first-order valence-electron chi connectivity index (χ1n) is 6.30. The molecule has 1 atom stereocenters. The van der Waals surface area contributed by atoms with Crippen LogP contribution in [0.1, 0.15) is 12.5 Å². The van der Waals surface area contributed by atoms with Crippen molar-refractivity contribution < 1.29 is 8.42 Å². The fraction of sp³-hybridized carbons (Fsp3) is 0.538. The Bertz CT molecular complexity index is 547. The summed E-state index contributed by atoms with van der Waals surface area (Å²) in [5.41, 5.74) is 1.24. The SMILES string of the molecule is C[C@@H]1CN(Cc2cccc(Br)c2)CCN1S(C)(=O)=O. The molecule has 106 valence electrons. The molecule has 0 radical (unpaired) electrons. The predicted molar refractivity (Wildman–Crippen MR) is 80.4 cm³/mol. The van der Waals surface area contributed by atoms with Crippen LogP contribution in [0.15, 0.2) is 28.7 Å². The molecular weight excluding hydrogens is 328 g/mol. The second-order valence-electron chi connectivity index (χ2n) is 5.09. The van der Waals surface area contributed by atoms with Crippen molar-refractivity contribution in [1.82, 2.24) is 9.21 Å². The summed E-state index contributed by atoms with van der Waals surface area (Å²) in [6.07, 6.45) is 1.29. The quantitative estimate of drug-likeness (QED) is 0.839. The van der Waals surface area contributed by atoms with E-state index in [4.69, 9.17) is 0 Å². The zero-order valence-electron chi connectivity index (χ0n) is 11.2. The number of benzene rings is 1. The van der Waals surface area contributed by atoms with Crippen LogP contribution in [0.2, 0.25) is 0 Å². The van der Waals surface area contributed by atoms with Gasteiger partial charge in [-0.1, -0.05) is 28.1 Å². The van der Waals surface area contributed by atoms with Gasteiger partial charge in [0.1, 0.15) is 0 Å². The van der Waals surface area contributed by atoms with Crippen LogP contribution in [0.25, 0.3) is 0 Å². The van der Waals surface area contributed by atoms with Crippen molar-refractivity contribution >= 4 is 26.0 Å². The third-order valence-corrected chi connectivity index (χ3v) is 5.26. The maximum absolute atomic E-state index is 11.6. The zero-order valence-corrected chi connectivity index (χ0v) is 13.6. The highest BCUT2D eigenvalue weighted by Crippen LogP contribution is 2.17. The topological polar surface area (TPSA) is 40.6 Å². The second kappa shape index (κ2) is 5.91. The standard InChI is InChI=1S/C13H19BrN2O2S/c1-11-9-15(6-7-16(11)19(2,17)18)10-12-4-3-5-13(14)8-12/h3-5,8,11H,6-7,9-10H2,1-2H3/t11-/m1/s1. The molecular formula is C13H19BrN2O2S. The van der Waals surface area contributed by atoms with E-state index < -0.39 is 10.0 Å². The largest absolute Gasteiger partial charge is 0.296 e.